The molecule has 3 N–H and O–H groups in total. The molecular formula is C14H15NO3. The van der Waals surface area contributed by atoms with Gasteiger partial charge in [0.15, 0.2) is 0 Å². The molecule has 0 saturated carbocycles. The van der Waals surface area contributed by atoms with Crippen LogP contribution in [-0.4, -0.2) is 18.2 Å². The van der Waals surface area contributed by atoms with Crippen molar-refractivity contribution in [1.29, 1.82) is 0 Å². The summed E-state index contributed by atoms with van der Waals surface area (Å²) in [5, 5.41) is 10.8. The molecule has 0 bridgehead atoms. The van der Waals surface area contributed by atoms with Crippen molar-refractivity contribution in [2.75, 3.05) is 7.11 Å². The first-order valence-corrected chi connectivity index (χ1v) is 5.66. The molecule has 0 aliphatic carbocycles. The van der Waals surface area contributed by atoms with Crippen LogP contribution in [0.5, 0.6) is 5.75 Å². The van der Waals surface area contributed by atoms with E-state index in [0.29, 0.717) is 0 Å². The number of nitrogens with two attached hydrogens (primary N) is 1. The van der Waals surface area contributed by atoms with E-state index in [-0.39, 0.29) is 6.42 Å². The lowest BCUT2D eigenvalue weighted by molar-refractivity contribution is -0.137. The summed E-state index contributed by atoms with van der Waals surface area (Å²) in [6.07, 6.45) is -0.0782. The van der Waals surface area contributed by atoms with Crippen molar-refractivity contribution in [1.82, 2.24) is 0 Å². The number of carboxylic acid groups (broad SMARTS) is 1. The SMILES string of the molecule is COc1ccc2c(C(N)CC(=O)O)cccc2c1. The van der Waals surface area contributed by atoms with E-state index in [1.165, 1.54) is 0 Å². The Balaban J connectivity index is 2.48. The summed E-state index contributed by atoms with van der Waals surface area (Å²) in [7, 11) is 1.61. The van der Waals surface area contributed by atoms with Gasteiger partial charge >= 0.3 is 5.97 Å². The van der Waals surface area contributed by atoms with Crippen molar-refractivity contribution in [3.63, 3.8) is 0 Å². The number of hydrogen-bond acceptors (Lipinski definition) is 3. The molecule has 2 rings (SSSR count). The van der Waals surface area contributed by atoms with Gasteiger partial charge in [-0.25, -0.2) is 0 Å². The molecule has 4 heteroatoms. The highest BCUT2D eigenvalue weighted by atomic mass is 16.5. The topological polar surface area (TPSA) is 72.5 Å². The lowest BCUT2D eigenvalue weighted by atomic mass is 9.97. The Morgan fingerprint density at radius 3 is 2.83 bits per heavy atom. The van der Waals surface area contributed by atoms with E-state index in [1.54, 1.807) is 7.11 Å². The van der Waals surface area contributed by atoms with Crippen LogP contribution in [0.15, 0.2) is 36.4 Å². The van der Waals surface area contributed by atoms with Gasteiger partial charge in [-0.05, 0) is 28.5 Å². The third-order valence-electron chi connectivity index (χ3n) is 2.92. The van der Waals surface area contributed by atoms with E-state index in [4.69, 9.17) is 15.6 Å². The second-order valence-corrected chi connectivity index (χ2v) is 4.14. The monoisotopic (exact) mass is 245 g/mol. The molecule has 0 aliphatic rings. The number of rotatable bonds is 4. The molecular weight excluding hydrogens is 230 g/mol. The number of aliphatic carboxylic acids is 1. The Labute approximate surface area is 105 Å². The molecule has 0 saturated heterocycles. The summed E-state index contributed by atoms with van der Waals surface area (Å²) in [4.78, 5) is 10.7. The van der Waals surface area contributed by atoms with Gasteiger partial charge in [-0.15, -0.1) is 0 Å². The molecule has 0 heterocycles. The van der Waals surface area contributed by atoms with E-state index in [2.05, 4.69) is 0 Å². The van der Waals surface area contributed by atoms with Crippen LogP contribution < -0.4 is 10.5 Å². The van der Waals surface area contributed by atoms with E-state index < -0.39 is 12.0 Å². The zero-order valence-electron chi connectivity index (χ0n) is 10.1. The summed E-state index contributed by atoms with van der Waals surface area (Å²) in [6, 6.07) is 10.9. The average molecular weight is 245 g/mol. The van der Waals surface area contributed by atoms with Crippen molar-refractivity contribution >= 4 is 16.7 Å². The van der Waals surface area contributed by atoms with Crippen LogP contribution >= 0.6 is 0 Å². The molecule has 0 spiro atoms. The quantitative estimate of drug-likeness (QED) is 0.867. The van der Waals surface area contributed by atoms with E-state index in [9.17, 15) is 4.79 Å². The van der Waals surface area contributed by atoms with E-state index in [0.717, 1.165) is 22.1 Å². The van der Waals surface area contributed by atoms with Crippen molar-refractivity contribution < 1.29 is 14.6 Å². The first-order valence-electron chi connectivity index (χ1n) is 5.66. The molecule has 2 aromatic rings. The minimum absolute atomic E-state index is 0.0782. The molecule has 4 nitrogen and oxygen atoms in total. The Hall–Kier alpha value is -2.07. The van der Waals surface area contributed by atoms with E-state index in [1.807, 2.05) is 36.4 Å². The maximum atomic E-state index is 10.7. The fourth-order valence-electron chi connectivity index (χ4n) is 2.04. The molecule has 18 heavy (non-hydrogen) atoms. The number of methoxy groups -OCH3 is 1. The van der Waals surface area contributed by atoms with Gasteiger partial charge in [0.1, 0.15) is 5.75 Å². The minimum Gasteiger partial charge on any atom is -0.497 e. The number of carboxylic acids is 1. The van der Waals surface area contributed by atoms with Crippen LogP contribution in [0.2, 0.25) is 0 Å². The van der Waals surface area contributed by atoms with Crippen LogP contribution in [0.3, 0.4) is 0 Å². The lowest BCUT2D eigenvalue weighted by Gasteiger charge is -2.13. The maximum Gasteiger partial charge on any atom is 0.305 e. The normalized spacial score (nSPS) is 12.3. The molecule has 0 aliphatic heterocycles. The van der Waals surface area contributed by atoms with E-state index >= 15 is 0 Å². The van der Waals surface area contributed by atoms with Gasteiger partial charge in [-0.2, -0.15) is 0 Å². The average Bonchev–Trinajstić information content (AvgIpc) is 2.36. The Morgan fingerprint density at radius 2 is 2.17 bits per heavy atom. The number of carbonyl (C=O) groups is 1. The van der Waals surface area contributed by atoms with Gasteiger partial charge < -0.3 is 15.6 Å². The second kappa shape index (κ2) is 5.06. The summed E-state index contributed by atoms with van der Waals surface area (Å²) in [5.74, 6) is -0.125. The molecule has 0 amide bonds. The summed E-state index contributed by atoms with van der Waals surface area (Å²) in [5.41, 5.74) is 6.77. The van der Waals surface area contributed by atoms with Crippen molar-refractivity contribution in [2.24, 2.45) is 5.73 Å². The van der Waals surface area contributed by atoms with Gasteiger partial charge in [-0.3, -0.25) is 4.79 Å². The first kappa shape index (κ1) is 12.4. The van der Waals surface area contributed by atoms with Crippen molar-refractivity contribution in [3.05, 3.63) is 42.0 Å². The predicted molar refractivity (Wildman–Crippen MR) is 69.7 cm³/mol. The lowest BCUT2D eigenvalue weighted by Crippen LogP contribution is -2.15. The largest absolute Gasteiger partial charge is 0.497 e. The highest BCUT2D eigenvalue weighted by Crippen LogP contribution is 2.27. The zero-order valence-corrected chi connectivity index (χ0v) is 10.1. The summed E-state index contributed by atoms with van der Waals surface area (Å²) >= 11 is 0. The first-order chi connectivity index (χ1) is 8.61. The third kappa shape index (κ3) is 2.43. The van der Waals surface area contributed by atoms with Gasteiger partial charge in [0.05, 0.1) is 13.5 Å². The Kier molecular flexibility index (Phi) is 3.48. The highest BCUT2D eigenvalue weighted by molar-refractivity contribution is 5.87. The molecule has 2 aromatic carbocycles. The molecule has 94 valence electrons. The minimum atomic E-state index is -0.895. The van der Waals surface area contributed by atoms with Gasteiger partial charge in [0.2, 0.25) is 0 Å². The number of hydrogen-bond donors (Lipinski definition) is 2. The fourth-order valence-corrected chi connectivity index (χ4v) is 2.04. The van der Waals surface area contributed by atoms with Gasteiger partial charge in [0, 0.05) is 6.04 Å². The molecule has 0 radical (unpaired) electrons. The molecule has 0 aromatic heterocycles. The van der Waals surface area contributed by atoms with Crippen LogP contribution in [-0.2, 0) is 4.79 Å². The summed E-state index contributed by atoms with van der Waals surface area (Å²) < 4.78 is 5.16. The smallest absolute Gasteiger partial charge is 0.305 e. The van der Waals surface area contributed by atoms with Gasteiger partial charge in [-0.1, -0.05) is 24.3 Å². The van der Waals surface area contributed by atoms with Crippen molar-refractivity contribution in [2.45, 2.75) is 12.5 Å². The maximum absolute atomic E-state index is 10.7. The molecule has 1 atom stereocenters. The zero-order chi connectivity index (χ0) is 13.1. The van der Waals surface area contributed by atoms with Crippen LogP contribution in [0.4, 0.5) is 0 Å². The van der Waals surface area contributed by atoms with Crippen LogP contribution in [0.1, 0.15) is 18.0 Å². The number of fused-ring (bicyclic) bond motifs is 1. The standard InChI is InChI=1S/C14H15NO3/c1-18-10-5-6-11-9(7-10)3-2-4-12(11)13(15)8-14(16)17/h2-7,13H,8,15H2,1H3,(H,16,17). The van der Waals surface area contributed by atoms with Gasteiger partial charge in [0.25, 0.3) is 0 Å². The predicted octanol–water partition coefficient (Wildman–Crippen LogP) is 2.32. The highest BCUT2D eigenvalue weighted by Gasteiger charge is 2.13. The summed E-state index contributed by atoms with van der Waals surface area (Å²) in [6.45, 7) is 0. The van der Waals surface area contributed by atoms with Crippen molar-refractivity contribution in [3.8, 4) is 5.75 Å². The third-order valence-corrected chi connectivity index (χ3v) is 2.92. The molecule has 1 unspecified atom stereocenters. The Morgan fingerprint density at radius 1 is 1.39 bits per heavy atom. The second-order valence-electron chi connectivity index (χ2n) is 4.14. The van der Waals surface area contributed by atoms with Crippen LogP contribution in [0.25, 0.3) is 10.8 Å². The van der Waals surface area contributed by atoms with Crippen LogP contribution in [0, 0.1) is 0 Å². The number of ether oxygens (including phenoxy) is 1. The molecule has 0 fully saturated rings. The fraction of sp³-hybridized carbons (Fsp3) is 0.214. The Bertz CT molecular complexity index is 580. The number of benzene rings is 2.